The van der Waals surface area contributed by atoms with E-state index in [0.29, 0.717) is 11.3 Å². The molecule has 0 aliphatic rings. The normalized spacial score (nSPS) is 11.3. The van der Waals surface area contributed by atoms with Crippen LogP contribution in [0.25, 0.3) is 0 Å². The average Bonchev–Trinajstić information content (AvgIpc) is 2.36. The maximum absolute atomic E-state index is 12.0. The zero-order valence-corrected chi connectivity index (χ0v) is 10.4. The van der Waals surface area contributed by atoms with Crippen LogP contribution in [0.15, 0.2) is 24.3 Å². The zero-order valence-electron chi connectivity index (χ0n) is 10.4. The van der Waals surface area contributed by atoms with Gasteiger partial charge in [0, 0.05) is 12.7 Å². The first-order valence-corrected chi connectivity index (χ1v) is 5.45. The largest absolute Gasteiger partial charge is 0.491 e. The summed E-state index contributed by atoms with van der Waals surface area (Å²) < 4.78 is 10.3. The molecule has 0 fully saturated rings. The molecule has 0 atom stereocenters. The lowest BCUT2D eigenvalue weighted by Gasteiger charge is -2.21. The van der Waals surface area contributed by atoms with Crippen molar-refractivity contribution < 1.29 is 19.4 Å². The Balaban J connectivity index is 2.77. The van der Waals surface area contributed by atoms with Crippen molar-refractivity contribution in [2.45, 2.75) is 19.4 Å². The minimum atomic E-state index is -0.826. The van der Waals surface area contributed by atoms with E-state index in [-0.39, 0.29) is 19.0 Å². The lowest BCUT2D eigenvalue weighted by Crippen LogP contribution is -2.33. The van der Waals surface area contributed by atoms with Crippen molar-refractivity contribution in [1.82, 2.24) is 0 Å². The molecule has 0 aromatic heterocycles. The van der Waals surface area contributed by atoms with Crippen LogP contribution in [0.1, 0.15) is 24.2 Å². The molecule has 1 aromatic carbocycles. The predicted octanol–water partition coefficient (Wildman–Crippen LogP) is 1.67. The molecule has 0 aliphatic carbocycles. The van der Waals surface area contributed by atoms with Crippen molar-refractivity contribution in [3.05, 3.63) is 29.8 Å². The summed E-state index contributed by atoms with van der Waals surface area (Å²) in [6.45, 7) is 3.67. The van der Waals surface area contributed by atoms with Crippen molar-refractivity contribution in [2.24, 2.45) is 0 Å². The van der Waals surface area contributed by atoms with Gasteiger partial charge in [0.25, 0.3) is 0 Å². The van der Waals surface area contributed by atoms with E-state index in [1.807, 2.05) is 0 Å². The van der Waals surface area contributed by atoms with E-state index in [0.717, 1.165) is 0 Å². The Hall–Kier alpha value is -1.39. The first-order chi connectivity index (χ1) is 8.01. The highest BCUT2D eigenvalue weighted by Crippen LogP contribution is 2.19. The number of hydrogen-bond donors (Lipinski definition) is 1. The molecule has 17 heavy (non-hydrogen) atoms. The summed E-state index contributed by atoms with van der Waals surface area (Å²) in [5, 5.41) is 8.61. The summed E-state index contributed by atoms with van der Waals surface area (Å²) in [5.41, 5.74) is -0.249. The molecule has 0 unspecified atom stereocenters. The minimum absolute atomic E-state index is 0.0304. The second-order valence-corrected chi connectivity index (χ2v) is 4.14. The average molecular weight is 238 g/mol. The second kappa shape index (κ2) is 5.80. The quantitative estimate of drug-likeness (QED) is 0.766. The van der Waals surface area contributed by atoms with E-state index in [1.54, 1.807) is 38.1 Å². The summed E-state index contributed by atoms with van der Waals surface area (Å²) >= 11 is 0. The number of ketones is 1. The first kappa shape index (κ1) is 13.7. The maximum atomic E-state index is 12.0. The Kier molecular flexibility index (Phi) is 4.66. The number of carbonyl (C=O) groups excluding carboxylic acids is 1. The topological polar surface area (TPSA) is 55.8 Å². The standard InChI is InChI=1S/C13H18O4/c1-13(2,16-3)12(15)10-4-6-11(7-5-10)17-9-8-14/h4-7,14H,8-9H2,1-3H3. The van der Waals surface area contributed by atoms with Crippen LogP contribution >= 0.6 is 0 Å². The molecule has 0 saturated carbocycles. The molecule has 0 radical (unpaired) electrons. The van der Waals surface area contributed by atoms with Crippen LogP contribution in [0.2, 0.25) is 0 Å². The SMILES string of the molecule is COC(C)(C)C(=O)c1ccc(OCCO)cc1. The Bertz CT molecular complexity index is 368. The molecular formula is C13H18O4. The molecular weight excluding hydrogens is 220 g/mol. The van der Waals surface area contributed by atoms with Crippen molar-refractivity contribution in [2.75, 3.05) is 20.3 Å². The van der Waals surface area contributed by atoms with Crippen molar-refractivity contribution >= 4 is 5.78 Å². The number of ether oxygens (including phenoxy) is 2. The first-order valence-electron chi connectivity index (χ1n) is 5.45. The number of carbonyl (C=O) groups is 1. The van der Waals surface area contributed by atoms with Gasteiger partial charge in [-0.3, -0.25) is 4.79 Å². The Labute approximate surface area is 101 Å². The number of hydrogen-bond acceptors (Lipinski definition) is 4. The molecule has 1 N–H and O–H groups in total. The van der Waals surface area contributed by atoms with Crippen molar-refractivity contribution in [1.29, 1.82) is 0 Å². The predicted molar refractivity (Wildman–Crippen MR) is 64.4 cm³/mol. The molecule has 1 rings (SSSR count). The fourth-order valence-electron chi connectivity index (χ4n) is 1.31. The van der Waals surface area contributed by atoms with Gasteiger partial charge in [-0.25, -0.2) is 0 Å². The molecule has 0 heterocycles. The maximum Gasteiger partial charge on any atom is 0.194 e. The van der Waals surface area contributed by atoms with Crippen LogP contribution in [-0.4, -0.2) is 36.8 Å². The van der Waals surface area contributed by atoms with Gasteiger partial charge in [-0.2, -0.15) is 0 Å². The number of aliphatic hydroxyl groups excluding tert-OH is 1. The van der Waals surface area contributed by atoms with E-state index in [9.17, 15) is 4.79 Å². The Morgan fingerprint density at radius 3 is 2.35 bits per heavy atom. The lowest BCUT2D eigenvalue weighted by atomic mass is 9.96. The van der Waals surface area contributed by atoms with Crippen LogP contribution in [0.3, 0.4) is 0 Å². The summed E-state index contributed by atoms with van der Waals surface area (Å²) in [5.74, 6) is 0.555. The molecule has 0 amide bonds. The third kappa shape index (κ3) is 3.54. The highest BCUT2D eigenvalue weighted by Gasteiger charge is 2.27. The number of aliphatic hydroxyl groups is 1. The fourth-order valence-corrected chi connectivity index (χ4v) is 1.31. The molecule has 4 nitrogen and oxygen atoms in total. The van der Waals surface area contributed by atoms with Crippen LogP contribution in [0.5, 0.6) is 5.75 Å². The Morgan fingerprint density at radius 1 is 1.29 bits per heavy atom. The van der Waals surface area contributed by atoms with Gasteiger partial charge in [-0.15, -0.1) is 0 Å². The molecule has 0 spiro atoms. The monoisotopic (exact) mass is 238 g/mol. The van der Waals surface area contributed by atoms with Gasteiger partial charge in [0.2, 0.25) is 0 Å². The highest BCUT2D eigenvalue weighted by atomic mass is 16.5. The summed E-state index contributed by atoms with van der Waals surface area (Å²) in [6.07, 6.45) is 0. The third-order valence-corrected chi connectivity index (χ3v) is 2.53. The summed E-state index contributed by atoms with van der Waals surface area (Å²) in [7, 11) is 1.51. The van der Waals surface area contributed by atoms with Crippen LogP contribution < -0.4 is 4.74 Å². The Morgan fingerprint density at radius 2 is 1.88 bits per heavy atom. The van der Waals surface area contributed by atoms with Crippen molar-refractivity contribution in [3.63, 3.8) is 0 Å². The minimum Gasteiger partial charge on any atom is -0.491 e. The second-order valence-electron chi connectivity index (χ2n) is 4.14. The van der Waals surface area contributed by atoms with Gasteiger partial charge in [0.1, 0.15) is 18.0 Å². The lowest BCUT2D eigenvalue weighted by molar-refractivity contribution is 0.0228. The number of rotatable bonds is 6. The number of benzene rings is 1. The fraction of sp³-hybridized carbons (Fsp3) is 0.462. The van der Waals surface area contributed by atoms with Gasteiger partial charge in [-0.1, -0.05) is 0 Å². The van der Waals surface area contributed by atoms with E-state index in [2.05, 4.69) is 0 Å². The molecule has 94 valence electrons. The van der Waals surface area contributed by atoms with Crippen molar-refractivity contribution in [3.8, 4) is 5.75 Å². The summed E-state index contributed by atoms with van der Waals surface area (Å²) in [6, 6.07) is 6.79. The molecule has 0 aliphatic heterocycles. The molecule has 0 bridgehead atoms. The molecule has 1 aromatic rings. The number of Topliss-reactive ketones (excluding diaryl/α,β-unsaturated/α-hetero) is 1. The van der Waals surface area contributed by atoms with Crippen LogP contribution in [0.4, 0.5) is 0 Å². The van der Waals surface area contributed by atoms with Gasteiger partial charge in [0.05, 0.1) is 6.61 Å². The molecule has 4 heteroatoms. The van der Waals surface area contributed by atoms with Gasteiger partial charge >= 0.3 is 0 Å². The van der Waals surface area contributed by atoms with Gasteiger partial charge in [0.15, 0.2) is 5.78 Å². The molecule has 0 saturated heterocycles. The summed E-state index contributed by atoms with van der Waals surface area (Å²) in [4.78, 5) is 12.0. The zero-order chi connectivity index (χ0) is 12.9. The van der Waals surface area contributed by atoms with Crippen LogP contribution in [0, 0.1) is 0 Å². The smallest absolute Gasteiger partial charge is 0.194 e. The van der Waals surface area contributed by atoms with Gasteiger partial charge in [-0.05, 0) is 38.1 Å². The highest BCUT2D eigenvalue weighted by molar-refractivity contribution is 6.02. The van der Waals surface area contributed by atoms with E-state index in [1.165, 1.54) is 7.11 Å². The number of methoxy groups -OCH3 is 1. The van der Waals surface area contributed by atoms with Gasteiger partial charge < -0.3 is 14.6 Å². The third-order valence-electron chi connectivity index (χ3n) is 2.53. The van der Waals surface area contributed by atoms with Crippen LogP contribution in [-0.2, 0) is 4.74 Å². The van der Waals surface area contributed by atoms with E-state index < -0.39 is 5.60 Å². The van der Waals surface area contributed by atoms with E-state index in [4.69, 9.17) is 14.6 Å². The van der Waals surface area contributed by atoms with E-state index >= 15 is 0 Å².